The van der Waals surface area contributed by atoms with Crippen molar-refractivity contribution in [2.45, 2.75) is 47.6 Å². The predicted octanol–water partition coefficient (Wildman–Crippen LogP) is 0.148. The van der Waals surface area contributed by atoms with E-state index in [-0.39, 0.29) is 6.42 Å². The Morgan fingerprint density at radius 2 is 2.04 bits per heavy atom. The predicted molar refractivity (Wildman–Crippen MR) is 90.8 cm³/mol. The third-order valence-electron chi connectivity index (χ3n) is 4.37. The van der Waals surface area contributed by atoms with Gasteiger partial charge >= 0.3 is 5.97 Å². The van der Waals surface area contributed by atoms with Gasteiger partial charge in [-0.3, -0.25) is 0 Å². The van der Waals surface area contributed by atoms with Crippen molar-refractivity contribution in [3.8, 4) is 0 Å². The molecule has 7 nitrogen and oxygen atoms in total. The smallest absolute Gasteiger partial charge is 0.349 e. The first-order valence-electron chi connectivity index (χ1n) is 8.00. The van der Waals surface area contributed by atoms with E-state index in [2.05, 4.69) is 0 Å². The highest BCUT2D eigenvalue weighted by Gasteiger charge is 2.54. The number of hydrogen-bond donors (Lipinski definition) is 4. The summed E-state index contributed by atoms with van der Waals surface area (Å²) < 4.78 is 10.8. The Morgan fingerprint density at radius 1 is 1.40 bits per heavy atom. The van der Waals surface area contributed by atoms with Crippen LogP contribution in [0.5, 0.6) is 0 Å². The second-order valence-electron chi connectivity index (χ2n) is 6.11. The van der Waals surface area contributed by atoms with Gasteiger partial charge in [0, 0.05) is 17.2 Å². The highest BCUT2D eigenvalue weighted by Crippen LogP contribution is 2.45. The van der Waals surface area contributed by atoms with E-state index in [1.165, 1.54) is 7.11 Å². The molecule has 140 valence electrons. The molecule has 2 rings (SSSR count). The molecule has 1 heterocycles. The first-order valence-corrected chi connectivity index (χ1v) is 8.81. The van der Waals surface area contributed by atoms with E-state index in [9.17, 15) is 20.1 Å². The van der Waals surface area contributed by atoms with Gasteiger partial charge in [-0.05, 0) is 12.1 Å². The largest absolute Gasteiger partial charge is 0.466 e. The maximum Gasteiger partial charge on any atom is 0.349 e. The third-order valence-corrected chi connectivity index (χ3v) is 5.64. The quantitative estimate of drug-likeness (QED) is 0.522. The minimum Gasteiger partial charge on any atom is -0.466 e. The summed E-state index contributed by atoms with van der Waals surface area (Å²) in [5, 5.41) is 39.6. The molecule has 1 aromatic rings. The highest BCUT2D eigenvalue weighted by atomic mass is 32.2. The van der Waals surface area contributed by atoms with E-state index in [0.717, 1.165) is 16.7 Å². The molecule has 0 saturated carbocycles. The van der Waals surface area contributed by atoms with Crippen LogP contribution in [-0.2, 0) is 14.3 Å². The van der Waals surface area contributed by atoms with Gasteiger partial charge in [-0.25, -0.2) is 4.79 Å². The lowest BCUT2D eigenvalue weighted by Gasteiger charge is -2.46. The van der Waals surface area contributed by atoms with Gasteiger partial charge in [-0.15, -0.1) is 0 Å². The van der Waals surface area contributed by atoms with Crippen molar-refractivity contribution in [2.24, 2.45) is 5.92 Å². The number of carbonyl (C=O) groups excluding carboxylic acids is 1. The van der Waals surface area contributed by atoms with Crippen molar-refractivity contribution >= 4 is 17.7 Å². The van der Waals surface area contributed by atoms with Crippen LogP contribution in [0.2, 0.25) is 0 Å². The number of esters is 1. The van der Waals surface area contributed by atoms with E-state index in [1.54, 1.807) is 31.2 Å². The molecule has 0 aliphatic carbocycles. The molecule has 4 N–H and O–H groups in total. The van der Waals surface area contributed by atoms with Crippen molar-refractivity contribution in [2.75, 3.05) is 13.7 Å². The van der Waals surface area contributed by atoms with Gasteiger partial charge in [0.1, 0.15) is 12.2 Å². The van der Waals surface area contributed by atoms with Crippen LogP contribution >= 0.6 is 11.8 Å². The van der Waals surface area contributed by atoms with Crippen molar-refractivity contribution in [3.63, 3.8) is 0 Å². The monoisotopic (exact) mass is 372 g/mol. The summed E-state index contributed by atoms with van der Waals surface area (Å²) >= 11 is 1.08. The lowest BCUT2D eigenvalue weighted by atomic mass is 9.85. The molecular formula is C17H24O7S. The van der Waals surface area contributed by atoms with Gasteiger partial charge in [0.15, 0.2) is 0 Å². The molecule has 0 amide bonds. The number of benzene rings is 1. The molecule has 25 heavy (non-hydrogen) atoms. The normalized spacial score (nSPS) is 32.0. The molecule has 2 unspecified atom stereocenters. The number of carbonyl (C=O) groups is 1. The minimum atomic E-state index is -1.57. The molecule has 1 aliphatic rings. The Balaban J connectivity index is 2.36. The number of aliphatic hydroxyl groups is 4. The van der Waals surface area contributed by atoms with Crippen molar-refractivity contribution in [1.82, 2.24) is 0 Å². The van der Waals surface area contributed by atoms with E-state index >= 15 is 0 Å². The van der Waals surface area contributed by atoms with Gasteiger partial charge in [-0.1, -0.05) is 36.9 Å². The van der Waals surface area contributed by atoms with E-state index in [4.69, 9.17) is 14.6 Å². The molecule has 8 heteroatoms. The highest BCUT2D eigenvalue weighted by molar-refractivity contribution is 8.01. The van der Waals surface area contributed by atoms with Gasteiger partial charge in [0.25, 0.3) is 0 Å². The summed E-state index contributed by atoms with van der Waals surface area (Å²) in [6.07, 6.45) is -4.96. The number of ether oxygens (including phenoxy) is 2. The third kappa shape index (κ3) is 4.33. The Labute approximate surface area is 150 Å². The van der Waals surface area contributed by atoms with Crippen LogP contribution in [0.15, 0.2) is 35.2 Å². The zero-order valence-corrected chi connectivity index (χ0v) is 14.9. The van der Waals surface area contributed by atoms with E-state index in [0.29, 0.717) is 0 Å². The molecule has 0 bridgehead atoms. The zero-order valence-electron chi connectivity index (χ0n) is 14.1. The first kappa shape index (κ1) is 20.2. The lowest BCUT2D eigenvalue weighted by Crippen LogP contribution is -2.59. The summed E-state index contributed by atoms with van der Waals surface area (Å²) in [5.41, 5.74) is 0. The Morgan fingerprint density at radius 3 is 2.60 bits per heavy atom. The molecule has 6 atom stereocenters. The van der Waals surface area contributed by atoms with Crippen molar-refractivity contribution in [1.29, 1.82) is 0 Å². The fourth-order valence-electron chi connectivity index (χ4n) is 2.84. The van der Waals surface area contributed by atoms with Gasteiger partial charge in [0.05, 0.1) is 25.9 Å². The number of aliphatic hydroxyl groups excluding tert-OH is 4. The van der Waals surface area contributed by atoms with Crippen LogP contribution in [-0.4, -0.2) is 69.5 Å². The maximum absolute atomic E-state index is 12.5. The van der Waals surface area contributed by atoms with Crippen LogP contribution in [0.25, 0.3) is 0 Å². The molecular weight excluding hydrogens is 348 g/mol. The average Bonchev–Trinajstić information content (AvgIpc) is 2.63. The molecule has 1 saturated heterocycles. The second kappa shape index (κ2) is 8.48. The summed E-state index contributed by atoms with van der Waals surface area (Å²) in [4.78, 5) is 11.6. The van der Waals surface area contributed by atoms with Gasteiger partial charge < -0.3 is 29.9 Å². The average molecular weight is 372 g/mol. The molecule has 1 fully saturated rings. The van der Waals surface area contributed by atoms with Crippen LogP contribution in [0, 0.1) is 5.92 Å². The fraction of sp³-hybridized carbons (Fsp3) is 0.588. The number of methoxy groups -OCH3 is 1. The molecule has 1 aliphatic heterocycles. The summed E-state index contributed by atoms with van der Waals surface area (Å²) in [7, 11) is 1.22. The van der Waals surface area contributed by atoms with Crippen LogP contribution in [0.1, 0.15) is 13.3 Å². The molecule has 1 aromatic carbocycles. The van der Waals surface area contributed by atoms with Gasteiger partial charge in [-0.2, -0.15) is 0 Å². The Kier molecular flexibility index (Phi) is 6.84. The van der Waals surface area contributed by atoms with Crippen molar-refractivity contribution < 1.29 is 34.7 Å². The second-order valence-corrected chi connectivity index (χ2v) is 7.45. The number of rotatable bonds is 6. The van der Waals surface area contributed by atoms with E-state index < -0.39 is 47.8 Å². The first-order chi connectivity index (χ1) is 11.8. The topological polar surface area (TPSA) is 116 Å². The summed E-state index contributed by atoms with van der Waals surface area (Å²) in [6.45, 7) is 0.984. The number of thioether (sulfide) groups is 1. The van der Waals surface area contributed by atoms with E-state index in [1.807, 2.05) is 6.07 Å². The minimum absolute atomic E-state index is 0.0289. The standard InChI is InChI=1S/C17H24O7S/c1-10-12(19)8-17(16(22)23-2,25-11-6-4-3-5-7-11)24-15(10)14(21)13(20)9-18/h3-7,10,12-15,18-21H,8-9H2,1-2H3/t10-,12-,13-,14-,15?,17?/m1/s1. The number of hydrogen-bond acceptors (Lipinski definition) is 8. The van der Waals surface area contributed by atoms with Crippen LogP contribution in [0.4, 0.5) is 0 Å². The van der Waals surface area contributed by atoms with Crippen LogP contribution < -0.4 is 0 Å². The van der Waals surface area contributed by atoms with Crippen LogP contribution in [0.3, 0.4) is 0 Å². The summed E-state index contributed by atoms with van der Waals surface area (Å²) in [6, 6.07) is 9.01. The molecule has 0 aromatic heterocycles. The van der Waals surface area contributed by atoms with Gasteiger partial charge in [0.2, 0.25) is 4.93 Å². The summed E-state index contributed by atoms with van der Waals surface area (Å²) in [5.74, 6) is -1.24. The Hall–Kier alpha value is -1.16. The molecule has 0 radical (unpaired) electrons. The zero-order chi connectivity index (χ0) is 18.6. The Bertz CT molecular complexity index is 569. The molecule has 0 spiro atoms. The SMILES string of the molecule is COC(=O)C1(Sc2ccccc2)C[C@@H](O)[C@@H](C)C([C@H](O)[C@H](O)CO)O1. The van der Waals surface area contributed by atoms with Crippen molar-refractivity contribution in [3.05, 3.63) is 30.3 Å². The fourth-order valence-corrected chi connectivity index (χ4v) is 4.09. The lowest BCUT2D eigenvalue weighted by molar-refractivity contribution is -0.214. The maximum atomic E-state index is 12.5.